The van der Waals surface area contributed by atoms with Crippen LogP contribution < -0.4 is 5.32 Å². The molecular formula is C11H24N2O2S. The molecule has 0 amide bonds. The van der Waals surface area contributed by atoms with E-state index < -0.39 is 10.0 Å². The molecule has 96 valence electrons. The van der Waals surface area contributed by atoms with Gasteiger partial charge in [-0.25, -0.2) is 8.42 Å². The topological polar surface area (TPSA) is 49.4 Å². The minimum atomic E-state index is -3.09. The van der Waals surface area contributed by atoms with Crippen molar-refractivity contribution in [3.8, 4) is 0 Å². The van der Waals surface area contributed by atoms with E-state index in [2.05, 4.69) is 19.2 Å². The lowest BCUT2D eigenvalue weighted by Crippen LogP contribution is -2.56. The molecule has 0 unspecified atom stereocenters. The van der Waals surface area contributed by atoms with Crippen LogP contribution in [-0.4, -0.2) is 43.6 Å². The van der Waals surface area contributed by atoms with E-state index in [4.69, 9.17) is 0 Å². The first kappa shape index (κ1) is 13.9. The summed E-state index contributed by atoms with van der Waals surface area (Å²) in [5, 5.41) is 3.31. The standard InChI is InChI=1S/C11H24N2O2S/c1-10(2)8-13-11(3,4)9-12-6-5-7-16(13,14)15/h10,12H,5-9H2,1-4H3. The van der Waals surface area contributed by atoms with Gasteiger partial charge in [0.15, 0.2) is 0 Å². The second-order valence-electron chi connectivity index (χ2n) is 5.58. The first-order valence-electron chi connectivity index (χ1n) is 5.97. The van der Waals surface area contributed by atoms with Crippen LogP contribution in [0.15, 0.2) is 0 Å². The highest BCUT2D eigenvalue weighted by molar-refractivity contribution is 7.89. The fourth-order valence-corrected chi connectivity index (χ4v) is 4.11. The van der Waals surface area contributed by atoms with E-state index in [1.165, 1.54) is 0 Å². The molecule has 0 aromatic rings. The first-order chi connectivity index (χ1) is 7.26. The Labute approximate surface area is 99.5 Å². The van der Waals surface area contributed by atoms with Crippen LogP contribution in [0.25, 0.3) is 0 Å². The molecule has 0 aliphatic carbocycles. The number of sulfonamides is 1. The largest absolute Gasteiger partial charge is 0.315 e. The molecular weight excluding hydrogens is 224 g/mol. The summed E-state index contributed by atoms with van der Waals surface area (Å²) in [5.74, 6) is 0.615. The van der Waals surface area contributed by atoms with Gasteiger partial charge < -0.3 is 5.32 Å². The second kappa shape index (κ2) is 5.02. The number of hydrogen-bond donors (Lipinski definition) is 1. The Morgan fingerprint density at radius 1 is 1.38 bits per heavy atom. The van der Waals surface area contributed by atoms with E-state index >= 15 is 0 Å². The molecule has 5 heteroatoms. The lowest BCUT2D eigenvalue weighted by molar-refractivity contribution is 0.198. The molecule has 1 aliphatic heterocycles. The highest BCUT2D eigenvalue weighted by Gasteiger charge is 2.36. The predicted molar refractivity (Wildman–Crippen MR) is 66.9 cm³/mol. The van der Waals surface area contributed by atoms with Crippen LogP contribution in [0.5, 0.6) is 0 Å². The molecule has 1 saturated heterocycles. The Bertz CT molecular complexity index is 323. The zero-order valence-corrected chi connectivity index (χ0v) is 11.6. The molecule has 0 bridgehead atoms. The van der Waals surface area contributed by atoms with E-state index in [0.29, 0.717) is 18.9 Å². The van der Waals surface area contributed by atoms with Crippen molar-refractivity contribution in [3.05, 3.63) is 0 Å². The maximum absolute atomic E-state index is 12.2. The summed E-state index contributed by atoms with van der Waals surface area (Å²) in [4.78, 5) is 0. The second-order valence-corrected chi connectivity index (χ2v) is 7.60. The molecule has 0 radical (unpaired) electrons. The van der Waals surface area contributed by atoms with Crippen LogP contribution in [0.1, 0.15) is 34.1 Å². The number of nitrogens with one attached hydrogen (secondary N) is 1. The Morgan fingerprint density at radius 2 is 2.00 bits per heavy atom. The molecule has 0 aromatic heterocycles. The van der Waals surface area contributed by atoms with Gasteiger partial charge in [-0.2, -0.15) is 4.31 Å². The van der Waals surface area contributed by atoms with Crippen molar-refractivity contribution in [3.63, 3.8) is 0 Å². The average molecular weight is 248 g/mol. The van der Waals surface area contributed by atoms with E-state index in [9.17, 15) is 8.42 Å². The fraction of sp³-hybridized carbons (Fsp3) is 1.00. The predicted octanol–water partition coefficient (Wildman–Crippen LogP) is 1.05. The SMILES string of the molecule is CC(C)CN1C(C)(C)CNCCCS1(=O)=O. The van der Waals surface area contributed by atoms with Crippen LogP contribution in [0.2, 0.25) is 0 Å². The van der Waals surface area contributed by atoms with Crippen molar-refractivity contribution >= 4 is 10.0 Å². The van der Waals surface area contributed by atoms with Crippen LogP contribution in [-0.2, 0) is 10.0 Å². The molecule has 0 spiro atoms. The minimum absolute atomic E-state index is 0.260. The molecule has 1 heterocycles. The van der Waals surface area contributed by atoms with Gasteiger partial charge in [0, 0.05) is 18.6 Å². The van der Waals surface area contributed by atoms with E-state index in [-0.39, 0.29) is 11.3 Å². The fourth-order valence-electron chi connectivity index (χ4n) is 2.04. The van der Waals surface area contributed by atoms with Gasteiger partial charge in [0.25, 0.3) is 0 Å². The van der Waals surface area contributed by atoms with Crippen molar-refractivity contribution in [1.29, 1.82) is 0 Å². The van der Waals surface area contributed by atoms with Crippen LogP contribution in [0.3, 0.4) is 0 Å². The summed E-state index contributed by atoms with van der Waals surface area (Å²) < 4.78 is 26.1. The number of nitrogens with zero attached hydrogens (tertiary/aromatic N) is 1. The molecule has 0 atom stereocenters. The summed E-state index contributed by atoms with van der Waals surface area (Å²) in [6, 6.07) is 0. The molecule has 1 rings (SSSR count). The van der Waals surface area contributed by atoms with Crippen molar-refractivity contribution < 1.29 is 8.42 Å². The summed E-state index contributed by atoms with van der Waals surface area (Å²) in [6.07, 6.45) is 0.701. The summed E-state index contributed by atoms with van der Waals surface area (Å²) in [5.41, 5.74) is -0.330. The Hall–Kier alpha value is -0.130. The van der Waals surface area contributed by atoms with Gasteiger partial charge in [0.2, 0.25) is 10.0 Å². The highest BCUT2D eigenvalue weighted by atomic mass is 32.2. The molecule has 1 aliphatic rings. The number of rotatable bonds is 2. The van der Waals surface area contributed by atoms with Gasteiger partial charge in [-0.1, -0.05) is 13.8 Å². The van der Waals surface area contributed by atoms with E-state index in [1.807, 2.05) is 13.8 Å². The lowest BCUT2D eigenvalue weighted by atomic mass is 10.0. The third-order valence-electron chi connectivity index (χ3n) is 2.86. The smallest absolute Gasteiger partial charge is 0.214 e. The molecule has 4 nitrogen and oxygen atoms in total. The normalized spacial score (nSPS) is 26.3. The maximum atomic E-state index is 12.2. The maximum Gasteiger partial charge on any atom is 0.214 e. The highest BCUT2D eigenvalue weighted by Crippen LogP contribution is 2.22. The zero-order valence-electron chi connectivity index (χ0n) is 10.8. The van der Waals surface area contributed by atoms with Crippen molar-refractivity contribution in [2.45, 2.75) is 39.7 Å². The van der Waals surface area contributed by atoms with Gasteiger partial charge in [0.05, 0.1) is 5.75 Å². The lowest BCUT2D eigenvalue weighted by Gasteiger charge is -2.40. The molecule has 0 aromatic carbocycles. The van der Waals surface area contributed by atoms with Gasteiger partial charge >= 0.3 is 0 Å². The van der Waals surface area contributed by atoms with Crippen LogP contribution in [0.4, 0.5) is 0 Å². The Kier molecular flexibility index (Phi) is 4.37. The van der Waals surface area contributed by atoms with Gasteiger partial charge in [-0.15, -0.1) is 0 Å². The molecule has 1 N–H and O–H groups in total. The summed E-state index contributed by atoms with van der Waals surface area (Å²) in [6.45, 7) is 10.2. The van der Waals surface area contributed by atoms with E-state index in [0.717, 1.165) is 13.1 Å². The monoisotopic (exact) mass is 248 g/mol. The molecule has 1 fully saturated rings. The first-order valence-corrected chi connectivity index (χ1v) is 7.58. The van der Waals surface area contributed by atoms with Crippen molar-refractivity contribution in [2.24, 2.45) is 5.92 Å². The van der Waals surface area contributed by atoms with Gasteiger partial charge in [0.1, 0.15) is 0 Å². The van der Waals surface area contributed by atoms with Crippen LogP contribution >= 0.6 is 0 Å². The van der Waals surface area contributed by atoms with Crippen LogP contribution in [0, 0.1) is 5.92 Å². The quantitative estimate of drug-likeness (QED) is 0.794. The molecule has 16 heavy (non-hydrogen) atoms. The Morgan fingerprint density at radius 3 is 2.56 bits per heavy atom. The van der Waals surface area contributed by atoms with Gasteiger partial charge in [-0.3, -0.25) is 0 Å². The third-order valence-corrected chi connectivity index (χ3v) is 4.97. The minimum Gasteiger partial charge on any atom is -0.315 e. The summed E-state index contributed by atoms with van der Waals surface area (Å²) in [7, 11) is -3.09. The van der Waals surface area contributed by atoms with Crippen molar-refractivity contribution in [2.75, 3.05) is 25.4 Å². The van der Waals surface area contributed by atoms with Crippen molar-refractivity contribution in [1.82, 2.24) is 9.62 Å². The third kappa shape index (κ3) is 3.43. The van der Waals surface area contributed by atoms with Gasteiger partial charge in [-0.05, 0) is 32.7 Å². The zero-order chi connectivity index (χ0) is 12.4. The number of hydrogen-bond acceptors (Lipinski definition) is 3. The summed E-state index contributed by atoms with van der Waals surface area (Å²) >= 11 is 0. The van der Waals surface area contributed by atoms with E-state index in [1.54, 1.807) is 4.31 Å². The average Bonchev–Trinajstić information content (AvgIpc) is 2.11. The Balaban J connectivity index is 2.97. The molecule has 0 saturated carbocycles.